The van der Waals surface area contributed by atoms with Crippen molar-refractivity contribution in [1.82, 2.24) is 5.32 Å². The molecule has 1 aliphatic rings. The van der Waals surface area contributed by atoms with Crippen LogP contribution >= 0.6 is 0 Å². The van der Waals surface area contributed by atoms with Crippen LogP contribution in [0.1, 0.15) is 30.9 Å². The molecule has 0 aliphatic carbocycles. The number of hydrogen-bond donors (Lipinski definition) is 1. The summed E-state index contributed by atoms with van der Waals surface area (Å²) in [6, 6.07) is 6.65. The number of hydrogen-bond acceptors (Lipinski definition) is 3. The van der Waals surface area contributed by atoms with Crippen molar-refractivity contribution in [1.29, 1.82) is 0 Å². The van der Waals surface area contributed by atoms with E-state index in [0.29, 0.717) is 6.10 Å². The molecule has 0 bridgehead atoms. The predicted octanol–water partition coefficient (Wildman–Crippen LogP) is 2.57. The molecule has 106 valence electrons. The van der Waals surface area contributed by atoms with E-state index in [0.717, 1.165) is 38.3 Å². The van der Waals surface area contributed by atoms with Crippen molar-refractivity contribution in [3.63, 3.8) is 0 Å². The minimum atomic E-state index is 0.343. The van der Waals surface area contributed by atoms with Crippen LogP contribution in [-0.4, -0.2) is 32.9 Å². The molecule has 1 aliphatic heterocycles. The van der Waals surface area contributed by atoms with Crippen LogP contribution in [0.5, 0.6) is 5.75 Å². The summed E-state index contributed by atoms with van der Waals surface area (Å²) in [6.07, 6.45) is 5.01. The Morgan fingerprint density at radius 2 is 2.21 bits per heavy atom. The Morgan fingerprint density at radius 3 is 3.05 bits per heavy atom. The van der Waals surface area contributed by atoms with Gasteiger partial charge in [-0.15, -0.1) is 0 Å². The molecule has 0 amide bonds. The van der Waals surface area contributed by atoms with E-state index >= 15 is 0 Å². The van der Waals surface area contributed by atoms with Gasteiger partial charge in [-0.1, -0.05) is 12.1 Å². The Bertz CT molecular complexity index is 392. The van der Waals surface area contributed by atoms with E-state index in [4.69, 9.17) is 9.47 Å². The van der Waals surface area contributed by atoms with E-state index in [9.17, 15) is 0 Å². The molecule has 0 spiro atoms. The van der Waals surface area contributed by atoms with Crippen molar-refractivity contribution in [2.75, 3.05) is 26.8 Å². The van der Waals surface area contributed by atoms with Crippen LogP contribution in [0.15, 0.2) is 18.2 Å². The van der Waals surface area contributed by atoms with Gasteiger partial charge in [0, 0.05) is 20.1 Å². The van der Waals surface area contributed by atoms with E-state index < -0.39 is 0 Å². The molecule has 1 N–H and O–H groups in total. The summed E-state index contributed by atoms with van der Waals surface area (Å²) in [5.41, 5.74) is 2.82. The normalized spacial score (nSPS) is 17.3. The van der Waals surface area contributed by atoms with Crippen LogP contribution in [0, 0.1) is 0 Å². The Morgan fingerprint density at radius 1 is 1.32 bits per heavy atom. The molecule has 1 heterocycles. The second kappa shape index (κ2) is 7.51. The SMILES string of the molecule is COCCNCCCCc1ccc2c(c1)CC(C)O2. The number of ether oxygens (including phenoxy) is 2. The first kappa shape index (κ1) is 14.4. The molecule has 1 unspecified atom stereocenters. The van der Waals surface area contributed by atoms with E-state index in [1.165, 1.54) is 24.0 Å². The molecule has 0 aromatic heterocycles. The minimum absolute atomic E-state index is 0.343. The van der Waals surface area contributed by atoms with Crippen molar-refractivity contribution in [3.8, 4) is 5.75 Å². The van der Waals surface area contributed by atoms with Gasteiger partial charge in [-0.25, -0.2) is 0 Å². The first-order valence-electron chi connectivity index (χ1n) is 7.27. The second-order valence-corrected chi connectivity index (χ2v) is 5.27. The molecule has 2 rings (SSSR count). The van der Waals surface area contributed by atoms with Gasteiger partial charge in [-0.2, -0.15) is 0 Å². The van der Waals surface area contributed by atoms with E-state index in [-0.39, 0.29) is 0 Å². The molecule has 1 atom stereocenters. The lowest BCUT2D eigenvalue weighted by Crippen LogP contribution is -2.20. The first-order valence-corrected chi connectivity index (χ1v) is 7.27. The molecule has 1 aromatic carbocycles. The third-order valence-corrected chi connectivity index (χ3v) is 3.51. The van der Waals surface area contributed by atoms with Crippen LogP contribution in [0.2, 0.25) is 0 Å². The Balaban J connectivity index is 1.65. The maximum Gasteiger partial charge on any atom is 0.123 e. The van der Waals surface area contributed by atoms with Crippen LogP contribution in [0.3, 0.4) is 0 Å². The van der Waals surface area contributed by atoms with Gasteiger partial charge in [0.1, 0.15) is 11.9 Å². The highest BCUT2D eigenvalue weighted by Gasteiger charge is 2.18. The zero-order chi connectivity index (χ0) is 13.5. The Hall–Kier alpha value is -1.06. The van der Waals surface area contributed by atoms with E-state index in [1.54, 1.807) is 7.11 Å². The number of unbranched alkanes of at least 4 members (excludes halogenated alkanes) is 1. The standard InChI is InChI=1S/C16H25NO2/c1-13-11-15-12-14(6-7-16(15)19-13)5-3-4-8-17-9-10-18-2/h6-7,12-13,17H,3-5,8-11H2,1-2H3. The van der Waals surface area contributed by atoms with Gasteiger partial charge >= 0.3 is 0 Å². The fourth-order valence-electron chi connectivity index (χ4n) is 2.51. The van der Waals surface area contributed by atoms with Crippen LogP contribution in [0.4, 0.5) is 0 Å². The fraction of sp³-hybridized carbons (Fsp3) is 0.625. The average molecular weight is 263 g/mol. The molecule has 3 heteroatoms. The summed E-state index contributed by atoms with van der Waals surface area (Å²) in [7, 11) is 1.74. The lowest BCUT2D eigenvalue weighted by molar-refractivity contribution is 0.199. The smallest absolute Gasteiger partial charge is 0.123 e. The highest BCUT2D eigenvalue weighted by atomic mass is 16.5. The topological polar surface area (TPSA) is 30.5 Å². The monoisotopic (exact) mass is 263 g/mol. The molecular formula is C16H25NO2. The number of aryl methyl sites for hydroxylation is 1. The number of methoxy groups -OCH3 is 1. The van der Waals surface area contributed by atoms with Gasteiger partial charge < -0.3 is 14.8 Å². The lowest BCUT2D eigenvalue weighted by Gasteiger charge is -2.06. The Labute approximate surface area is 116 Å². The second-order valence-electron chi connectivity index (χ2n) is 5.27. The van der Waals surface area contributed by atoms with E-state index in [2.05, 4.69) is 30.4 Å². The van der Waals surface area contributed by atoms with Crippen molar-refractivity contribution in [2.24, 2.45) is 0 Å². The highest BCUT2D eigenvalue weighted by molar-refractivity contribution is 5.40. The summed E-state index contributed by atoms with van der Waals surface area (Å²) in [4.78, 5) is 0. The zero-order valence-corrected chi connectivity index (χ0v) is 12.1. The number of nitrogens with one attached hydrogen (secondary N) is 1. The van der Waals surface area contributed by atoms with Crippen molar-refractivity contribution >= 4 is 0 Å². The minimum Gasteiger partial charge on any atom is -0.490 e. The molecule has 0 saturated heterocycles. The summed E-state index contributed by atoms with van der Waals surface area (Å²) < 4.78 is 10.7. The lowest BCUT2D eigenvalue weighted by atomic mass is 10.0. The van der Waals surface area contributed by atoms with Crippen molar-refractivity contribution < 1.29 is 9.47 Å². The average Bonchev–Trinajstić information content (AvgIpc) is 2.77. The molecular weight excluding hydrogens is 238 g/mol. The highest BCUT2D eigenvalue weighted by Crippen LogP contribution is 2.29. The molecule has 0 fully saturated rings. The van der Waals surface area contributed by atoms with Gasteiger partial charge in [0.2, 0.25) is 0 Å². The van der Waals surface area contributed by atoms with Gasteiger partial charge in [-0.3, -0.25) is 0 Å². The zero-order valence-electron chi connectivity index (χ0n) is 12.1. The number of rotatable bonds is 8. The van der Waals surface area contributed by atoms with Gasteiger partial charge in [-0.05, 0) is 49.9 Å². The molecule has 0 radical (unpaired) electrons. The Kier molecular flexibility index (Phi) is 5.67. The van der Waals surface area contributed by atoms with E-state index in [1.807, 2.05) is 0 Å². The molecule has 3 nitrogen and oxygen atoms in total. The van der Waals surface area contributed by atoms with Crippen LogP contribution < -0.4 is 10.1 Å². The fourth-order valence-corrected chi connectivity index (χ4v) is 2.51. The molecule has 19 heavy (non-hydrogen) atoms. The number of fused-ring (bicyclic) bond motifs is 1. The van der Waals surface area contributed by atoms with Crippen molar-refractivity contribution in [2.45, 2.75) is 38.7 Å². The van der Waals surface area contributed by atoms with Crippen LogP contribution in [-0.2, 0) is 17.6 Å². The molecule has 0 saturated carbocycles. The predicted molar refractivity (Wildman–Crippen MR) is 77.9 cm³/mol. The summed E-state index contributed by atoms with van der Waals surface area (Å²) >= 11 is 0. The maximum atomic E-state index is 5.72. The van der Waals surface area contributed by atoms with Gasteiger partial charge in [0.25, 0.3) is 0 Å². The van der Waals surface area contributed by atoms with Crippen molar-refractivity contribution in [3.05, 3.63) is 29.3 Å². The number of benzene rings is 1. The quantitative estimate of drug-likeness (QED) is 0.731. The summed E-state index contributed by atoms with van der Waals surface area (Å²) in [5.74, 6) is 1.08. The summed E-state index contributed by atoms with van der Waals surface area (Å²) in [6.45, 7) is 4.95. The first-order chi connectivity index (χ1) is 9.29. The van der Waals surface area contributed by atoms with Gasteiger partial charge in [0.05, 0.1) is 6.61 Å². The maximum absolute atomic E-state index is 5.72. The molecule has 1 aromatic rings. The van der Waals surface area contributed by atoms with Crippen LogP contribution in [0.25, 0.3) is 0 Å². The largest absolute Gasteiger partial charge is 0.490 e. The third-order valence-electron chi connectivity index (χ3n) is 3.51. The van der Waals surface area contributed by atoms with Gasteiger partial charge in [0.15, 0.2) is 0 Å². The third kappa shape index (κ3) is 4.51. The summed E-state index contributed by atoms with van der Waals surface area (Å²) in [5, 5.41) is 3.38.